The van der Waals surface area contributed by atoms with Gasteiger partial charge in [-0.05, 0) is 12.8 Å². The Labute approximate surface area is 98.3 Å². The first-order valence-electron chi connectivity index (χ1n) is 6.34. The third kappa shape index (κ3) is 3.17. The second-order valence-corrected chi connectivity index (χ2v) is 5.07. The molecule has 0 amide bonds. The highest BCUT2D eigenvalue weighted by Crippen LogP contribution is 2.39. The zero-order valence-electron chi connectivity index (χ0n) is 10.3. The number of ether oxygens (including phenoxy) is 2. The summed E-state index contributed by atoms with van der Waals surface area (Å²) in [6.45, 7) is 8.53. The van der Waals surface area contributed by atoms with Crippen LogP contribution in [0.25, 0.3) is 0 Å². The van der Waals surface area contributed by atoms with E-state index in [1.807, 2.05) is 0 Å². The van der Waals surface area contributed by atoms with Gasteiger partial charge in [-0.15, -0.1) is 0 Å². The van der Waals surface area contributed by atoms with Crippen molar-refractivity contribution >= 4 is 0 Å². The Morgan fingerprint density at radius 3 is 2.69 bits per heavy atom. The normalized spacial score (nSPS) is 24.6. The highest BCUT2D eigenvalue weighted by Gasteiger charge is 2.43. The Kier molecular flexibility index (Phi) is 4.58. The second-order valence-electron chi connectivity index (χ2n) is 5.07. The molecule has 0 unspecified atom stereocenters. The van der Waals surface area contributed by atoms with Crippen molar-refractivity contribution in [3.8, 4) is 0 Å². The molecule has 2 aliphatic heterocycles. The summed E-state index contributed by atoms with van der Waals surface area (Å²) in [4.78, 5) is 2.55. The number of methoxy groups -OCH3 is 1. The largest absolute Gasteiger partial charge is 0.383 e. The molecule has 0 aromatic heterocycles. The maximum atomic E-state index is 5.42. The first kappa shape index (κ1) is 12.3. The molecule has 2 fully saturated rings. The van der Waals surface area contributed by atoms with Crippen LogP contribution in [0.15, 0.2) is 0 Å². The molecule has 0 aliphatic carbocycles. The molecule has 0 radical (unpaired) electrons. The van der Waals surface area contributed by atoms with Crippen LogP contribution in [0.1, 0.15) is 12.8 Å². The molecule has 16 heavy (non-hydrogen) atoms. The molecule has 2 rings (SSSR count). The summed E-state index contributed by atoms with van der Waals surface area (Å²) in [6, 6.07) is 0. The van der Waals surface area contributed by atoms with E-state index in [9.17, 15) is 0 Å². The number of hydrogen-bond donors (Lipinski definition) is 1. The first-order valence-corrected chi connectivity index (χ1v) is 6.34. The smallest absolute Gasteiger partial charge is 0.0587 e. The standard InChI is InChI=1S/C12H24N2O2/c1-15-9-5-13-4-6-14-10-12(11-14)2-7-16-8-3-12/h13H,2-11H2,1H3. The topological polar surface area (TPSA) is 33.7 Å². The molecule has 2 saturated heterocycles. The van der Waals surface area contributed by atoms with Crippen LogP contribution in [0, 0.1) is 5.41 Å². The van der Waals surface area contributed by atoms with Crippen LogP contribution in [0.5, 0.6) is 0 Å². The minimum absolute atomic E-state index is 0.616. The van der Waals surface area contributed by atoms with Crippen molar-refractivity contribution < 1.29 is 9.47 Å². The van der Waals surface area contributed by atoms with E-state index in [1.54, 1.807) is 7.11 Å². The summed E-state index contributed by atoms with van der Waals surface area (Å²) in [6.07, 6.45) is 2.53. The average Bonchev–Trinajstić information content (AvgIpc) is 2.28. The highest BCUT2D eigenvalue weighted by atomic mass is 16.5. The molecule has 2 aliphatic rings. The van der Waals surface area contributed by atoms with Crippen molar-refractivity contribution in [2.45, 2.75) is 12.8 Å². The molecule has 4 nitrogen and oxygen atoms in total. The molecule has 94 valence electrons. The van der Waals surface area contributed by atoms with E-state index in [0.29, 0.717) is 5.41 Å². The van der Waals surface area contributed by atoms with Gasteiger partial charge in [0.25, 0.3) is 0 Å². The fraction of sp³-hybridized carbons (Fsp3) is 1.00. The number of nitrogens with one attached hydrogen (secondary N) is 1. The lowest BCUT2D eigenvalue weighted by Gasteiger charge is -2.52. The Bertz CT molecular complexity index is 197. The lowest BCUT2D eigenvalue weighted by Crippen LogP contribution is -2.59. The van der Waals surface area contributed by atoms with Gasteiger partial charge >= 0.3 is 0 Å². The molecule has 0 aromatic rings. The predicted molar refractivity (Wildman–Crippen MR) is 63.7 cm³/mol. The van der Waals surface area contributed by atoms with Gasteiger partial charge in [-0.2, -0.15) is 0 Å². The van der Waals surface area contributed by atoms with Crippen LogP contribution >= 0.6 is 0 Å². The van der Waals surface area contributed by atoms with Crippen molar-refractivity contribution in [3.05, 3.63) is 0 Å². The third-order valence-corrected chi connectivity index (χ3v) is 3.76. The molecule has 2 heterocycles. The second kappa shape index (κ2) is 5.96. The Hall–Kier alpha value is -0.160. The zero-order chi connectivity index (χ0) is 11.3. The van der Waals surface area contributed by atoms with Gasteiger partial charge in [0.15, 0.2) is 0 Å². The molecule has 1 spiro atoms. The van der Waals surface area contributed by atoms with E-state index >= 15 is 0 Å². The van der Waals surface area contributed by atoms with E-state index in [-0.39, 0.29) is 0 Å². The van der Waals surface area contributed by atoms with Gasteiger partial charge in [-0.1, -0.05) is 0 Å². The molecule has 4 heteroatoms. The van der Waals surface area contributed by atoms with Gasteiger partial charge in [0, 0.05) is 58.5 Å². The Morgan fingerprint density at radius 2 is 2.00 bits per heavy atom. The van der Waals surface area contributed by atoms with E-state index < -0.39 is 0 Å². The molecule has 1 N–H and O–H groups in total. The number of hydrogen-bond acceptors (Lipinski definition) is 4. The SMILES string of the molecule is COCCNCCN1CC2(CCOCC2)C1. The van der Waals surface area contributed by atoms with Crippen molar-refractivity contribution in [1.29, 1.82) is 0 Å². The molecular formula is C12H24N2O2. The maximum absolute atomic E-state index is 5.42. The summed E-state index contributed by atoms with van der Waals surface area (Å²) in [7, 11) is 1.74. The predicted octanol–water partition coefficient (Wildman–Crippen LogP) is 0.335. The number of nitrogens with zero attached hydrogens (tertiary/aromatic N) is 1. The summed E-state index contributed by atoms with van der Waals surface area (Å²) < 4.78 is 10.4. The van der Waals surface area contributed by atoms with E-state index in [4.69, 9.17) is 9.47 Å². The van der Waals surface area contributed by atoms with Crippen LogP contribution in [-0.2, 0) is 9.47 Å². The van der Waals surface area contributed by atoms with E-state index in [0.717, 1.165) is 32.9 Å². The first-order chi connectivity index (χ1) is 7.85. The van der Waals surface area contributed by atoms with Crippen LogP contribution < -0.4 is 5.32 Å². The Balaban J connectivity index is 1.51. The molecule has 0 saturated carbocycles. The summed E-state index contributed by atoms with van der Waals surface area (Å²) in [5.41, 5.74) is 0.616. The van der Waals surface area contributed by atoms with Crippen molar-refractivity contribution in [3.63, 3.8) is 0 Å². The molecule has 0 atom stereocenters. The summed E-state index contributed by atoms with van der Waals surface area (Å²) >= 11 is 0. The molecule has 0 bridgehead atoms. The summed E-state index contributed by atoms with van der Waals surface area (Å²) in [5, 5.41) is 3.39. The van der Waals surface area contributed by atoms with Crippen LogP contribution in [0.4, 0.5) is 0 Å². The minimum Gasteiger partial charge on any atom is -0.383 e. The third-order valence-electron chi connectivity index (χ3n) is 3.76. The van der Waals surface area contributed by atoms with Gasteiger partial charge < -0.3 is 19.7 Å². The summed E-state index contributed by atoms with van der Waals surface area (Å²) in [5.74, 6) is 0. The van der Waals surface area contributed by atoms with E-state index in [2.05, 4.69) is 10.2 Å². The minimum atomic E-state index is 0.616. The Morgan fingerprint density at radius 1 is 1.25 bits per heavy atom. The van der Waals surface area contributed by atoms with Crippen LogP contribution in [-0.4, -0.2) is 64.6 Å². The highest BCUT2D eigenvalue weighted by molar-refractivity contribution is 4.96. The quantitative estimate of drug-likeness (QED) is 0.665. The maximum Gasteiger partial charge on any atom is 0.0587 e. The van der Waals surface area contributed by atoms with Crippen molar-refractivity contribution in [2.24, 2.45) is 5.41 Å². The zero-order valence-corrected chi connectivity index (χ0v) is 10.3. The fourth-order valence-corrected chi connectivity index (χ4v) is 2.72. The van der Waals surface area contributed by atoms with Gasteiger partial charge in [0.05, 0.1) is 6.61 Å². The van der Waals surface area contributed by atoms with Gasteiger partial charge in [0.1, 0.15) is 0 Å². The number of rotatable bonds is 6. The number of likely N-dealkylation sites (tertiary alicyclic amines) is 1. The van der Waals surface area contributed by atoms with Crippen molar-refractivity contribution in [1.82, 2.24) is 10.2 Å². The monoisotopic (exact) mass is 228 g/mol. The van der Waals surface area contributed by atoms with Crippen LogP contribution in [0.3, 0.4) is 0 Å². The lowest BCUT2D eigenvalue weighted by molar-refractivity contribution is -0.0796. The fourth-order valence-electron chi connectivity index (χ4n) is 2.72. The van der Waals surface area contributed by atoms with Crippen LogP contribution in [0.2, 0.25) is 0 Å². The average molecular weight is 228 g/mol. The lowest BCUT2D eigenvalue weighted by atomic mass is 9.73. The molecular weight excluding hydrogens is 204 g/mol. The van der Waals surface area contributed by atoms with Gasteiger partial charge in [0.2, 0.25) is 0 Å². The van der Waals surface area contributed by atoms with Gasteiger partial charge in [-0.3, -0.25) is 0 Å². The van der Waals surface area contributed by atoms with Gasteiger partial charge in [-0.25, -0.2) is 0 Å². The molecule has 0 aromatic carbocycles. The van der Waals surface area contributed by atoms with E-state index in [1.165, 1.54) is 32.5 Å². The van der Waals surface area contributed by atoms with Crippen molar-refractivity contribution in [2.75, 3.05) is 59.7 Å².